The fraction of sp³-hybridized carbons (Fsp3) is 0.400. The van der Waals surface area contributed by atoms with Crippen LogP contribution in [0.2, 0.25) is 5.02 Å². The molecule has 62 valence electrons. The highest BCUT2D eigenvalue weighted by Gasteiger charge is 2.49. The Kier molecular flexibility index (Phi) is 1.11. The van der Waals surface area contributed by atoms with Crippen molar-refractivity contribution in [2.24, 2.45) is 0 Å². The second kappa shape index (κ2) is 1.97. The molecule has 1 spiro atoms. The predicted molar refractivity (Wildman–Crippen MR) is 50.9 cm³/mol. The van der Waals surface area contributed by atoms with Crippen LogP contribution in [0, 0.1) is 0 Å². The molecule has 0 amide bonds. The average Bonchev–Trinajstić information content (AvgIpc) is 2.73. The lowest BCUT2D eigenvalue weighted by Crippen LogP contribution is -2.07. The van der Waals surface area contributed by atoms with E-state index in [1.165, 1.54) is 24.1 Å². The van der Waals surface area contributed by atoms with E-state index in [4.69, 9.17) is 11.6 Å². The molecule has 1 saturated carbocycles. The van der Waals surface area contributed by atoms with Crippen LogP contribution in [0.1, 0.15) is 18.4 Å². The van der Waals surface area contributed by atoms with Crippen molar-refractivity contribution in [1.29, 1.82) is 0 Å². The van der Waals surface area contributed by atoms with Crippen LogP contribution in [0.5, 0.6) is 0 Å². The van der Waals surface area contributed by atoms with Crippen molar-refractivity contribution in [2.45, 2.75) is 18.3 Å². The third kappa shape index (κ3) is 0.700. The van der Waals surface area contributed by atoms with Crippen LogP contribution in [-0.4, -0.2) is 6.54 Å². The van der Waals surface area contributed by atoms with Crippen LogP contribution in [-0.2, 0) is 5.41 Å². The average molecular weight is 180 g/mol. The molecule has 1 aromatic carbocycles. The summed E-state index contributed by atoms with van der Waals surface area (Å²) in [5.41, 5.74) is 3.09. The highest BCUT2D eigenvalue weighted by molar-refractivity contribution is 6.33. The Balaban J connectivity index is 2.23. The topological polar surface area (TPSA) is 12.0 Å². The summed E-state index contributed by atoms with van der Waals surface area (Å²) in [5.74, 6) is 0. The minimum Gasteiger partial charge on any atom is -0.383 e. The van der Waals surface area contributed by atoms with E-state index < -0.39 is 0 Å². The van der Waals surface area contributed by atoms with Gasteiger partial charge in [-0.15, -0.1) is 0 Å². The first kappa shape index (κ1) is 6.79. The van der Waals surface area contributed by atoms with Gasteiger partial charge >= 0.3 is 0 Å². The first-order valence-corrected chi connectivity index (χ1v) is 4.73. The van der Waals surface area contributed by atoms with Crippen LogP contribution in [0.3, 0.4) is 0 Å². The molecule has 0 bridgehead atoms. The van der Waals surface area contributed by atoms with Gasteiger partial charge in [-0.2, -0.15) is 0 Å². The summed E-state index contributed by atoms with van der Waals surface area (Å²) >= 11 is 6.06. The highest BCUT2D eigenvalue weighted by Crippen LogP contribution is 2.55. The number of rotatable bonds is 0. The lowest BCUT2D eigenvalue weighted by Gasteiger charge is -2.04. The van der Waals surface area contributed by atoms with Crippen LogP contribution >= 0.6 is 11.6 Å². The summed E-state index contributed by atoms with van der Waals surface area (Å²) in [6, 6.07) is 6.21. The molecule has 2 heteroatoms. The monoisotopic (exact) mass is 179 g/mol. The zero-order chi connectivity index (χ0) is 8.18. The zero-order valence-electron chi connectivity index (χ0n) is 6.73. The molecule has 2 aliphatic rings. The van der Waals surface area contributed by atoms with Crippen molar-refractivity contribution in [3.63, 3.8) is 0 Å². The molecule has 12 heavy (non-hydrogen) atoms. The number of halogens is 1. The molecule has 3 rings (SSSR count). The molecular formula is C10H10ClN. The van der Waals surface area contributed by atoms with E-state index in [2.05, 4.69) is 11.4 Å². The van der Waals surface area contributed by atoms with Gasteiger partial charge in [0, 0.05) is 12.0 Å². The van der Waals surface area contributed by atoms with Crippen LogP contribution < -0.4 is 5.32 Å². The van der Waals surface area contributed by atoms with Crippen LogP contribution in [0.15, 0.2) is 18.2 Å². The maximum absolute atomic E-state index is 6.06. The van der Waals surface area contributed by atoms with Gasteiger partial charge in [-0.05, 0) is 24.5 Å². The minimum atomic E-state index is 0.472. The second-order valence-electron chi connectivity index (χ2n) is 3.80. The van der Waals surface area contributed by atoms with E-state index in [0.717, 1.165) is 11.6 Å². The van der Waals surface area contributed by atoms with E-state index in [9.17, 15) is 0 Å². The first-order chi connectivity index (χ1) is 5.82. The van der Waals surface area contributed by atoms with E-state index in [1.54, 1.807) is 0 Å². The molecule has 0 radical (unpaired) electrons. The van der Waals surface area contributed by atoms with Gasteiger partial charge in [0.2, 0.25) is 0 Å². The number of hydrogen-bond donors (Lipinski definition) is 1. The van der Waals surface area contributed by atoms with Gasteiger partial charge in [0.1, 0.15) is 0 Å². The number of fused-ring (bicyclic) bond motifs is 2. The van der Waals surface area contributed by atoms with E-state index in [0.29, 0.717) is 5.41 Å². The molecule has 1 fully saturated rings. The zero-order valence-corrected chi connectivity index (χ0v) is 7.49. The van der Waals surface area contributed by atoms with Crippen molar-refractivity contribution in [2.75, 3.05) is 11.9 Å². The Hall–Kier alpha value is -0.690. The van der Waals surface area contributed by atoms with Crippen molar-refractivity contribution >= 4 is 17.3 Å². The van der Waals surface area contributed by atoms with E-state index >= 15 is 0 Å². The largest absolute Gasteiger partial charge is 0.383 e. The molecular weight excluding hydrogens is 170 g/mol. The van der Waals surface area contributed by atoms with Crippen molar-refractivity contribution in [1.82, 2.24) is 0 Å². The quantitative estimate of drug-likeness (QED) is 0.646. The lowest BCUT2D eigenvalue weighted by molar-refractivity contribution is 0.778. The van der Waals surface area contributed by atoms with Gasteiger partial charge in [-0.25, -0.2) is 0 Å². The molecule has 1 aliphatic carbocycles. The van der Waals surface area contributed by atoms with Crippen molar-refractivity contribution in [3.8, 4) is 0 Å². The fourth-order valence-electron chi connectivity index (χ4n) is 2.10. The minimum absolute atomic E-state index is 0.472. The van der Waals surface area contributed by atoms with Gasteiger partial charge < -0.3 is 5.32 Å². The normalized spacial score (nSPS) is 22.1. The number of hydrogen-bond acceptors (Lipinski definition) is 1. The molecule has 1 aromatic rings. The second-order valence-corrected chi connectivity index (χ2v) is 4.20. The smallest absolute Gasteiger partial charge is 0.0640 e. The molecule has 1 heterocycles. The van der Waals surface area contributed by atoms with Gasteiger partial charge in [0.15, 0.2) is 0 Å². The number of para-hydroxylation sites is 1. The Bertz CT molecular complexity index is 342. The third-order valence-electron chi connectivity index (χ3n) is 3.04. The molecule has 0 unspecified atom stereocenters. The number of nitrogens with one attached hydrogen (secondary N) is 1. The molecule has 0 aromatic heterocycles. The summed E-state index contributed by atoms with van der Waals surface area (Å²) in [4.78, 5) is 0. The van der Waals surface area contributed by atoms with Gasteiger partial charge in [-0.3, -0.25) is 0 Å². The summed E-state index contributed by atoms with van der Waals surface area (Å²) in [6.07, 6.45) is 2.65. The Morgan fingerprint density at radius 2 is 2.17 bits per heavy atom. The molecule has 0 saturated heterocycles. The van der Waals surface area contributed by atoms with E-state index in [-0.39, 0.29) is 0 Å². The van der Waals surface area contributed by atoms with Gasteiger partial charge in [-0.1, -0.05) is 23.7 Å². The highest BCUT2D eigenvalue weighted by atomic mass is 35.5. The molecule has 1 nitrogen and oxygen atoms in total. The number of benzene rings is 1. The SMILES string of the molecule is Clc1cccc2c1NCC21CC1. The number of anilines is 1. The Morgan fingerprint density at radius 1 is 1.33 bits per heavy atom. The van der Waals surface area contributed by atoms with E-state index in [1.807, 2.05) is 12.1 Å². The van der Waals surface area contributed by atoms with Gasteiger partial charge in [0.05, 0.1) is 10.7 Å². The fourth-order valence-corrected chi connectivity index (χ4v) is 2.34. The van der Waals surface area contributed by atoms with Crippen molar-refractivity contribution in [3.05, 3.63) is 28.8 Å². The Morgan fingerprint density at radius 3 is 2.92 bits per heavy atom. The Labute approximate surface area is 76.7 Å². The summed E-state index contributed by atoms with van der Waals surface area (Å²) in [5, 5.41) is 4.26. The maximum Gasteiger partial charge on any atom is 0.0640 e. The first-order valence-electron chi connectivity index (χ1n) is 4.35. The van der Waals surface area contributed by atoms with Crippen LogP contribution in [0.4, 0.5) is 5.69 Å². The van der Waals surface area contributed by atoms with Gasteiger partial charge in [0.25, 0.3) is 0 Å². The standard InChI is InChI=1S/C10H10ClN/c11-8-3-1-2-7-9(8)12-6-10(7)4-5-10/h1-3,12H,4-6H2. The summed E-state index contributed by atoms with van der Waals surface area (Å²) < 4.78 is 0. The van der Waals surface area contributed by atoms with Crippen LogP contribution in [0.25, 0.3) is 0 Å². The molecule has 1 N–H and O–H groups in total. The summed E-state index contributed by atoms with van der Waals surface area (Å²) in [6.45, 7) is 1.09. The lowest BCUT2D eigenvalue weighted by atomic mass is 9.99. The predicted octanol–water partition coefficient (Wildman–Crippen LogP) is 2.80. The maximum atomic E-state index is 6.06. The van der Waals surface area contributed by atoms with Crippen molar-refractivity contribution < 1.29 is 0 Å². The molecule has 0 atom stereocenters. The summed E-state index contributed by atoms with van der Waals surface area (Å²) in [7, 11) is 0. The third-order valence-corrected chi connectivity index (χ3v) is 3.36. The molecule has 1 aliphatic heterocycles.